The number of fused-ring (bicyclic) bond motifs is 1. The molecule has 194 valence electrons. The summed E-state index contributed by atoms with van der Waals surface area (Å²) in [6.07, 6.45) is 6.54. The van der Waals surface area contributed by atoms with Crippen LogP contribution in [0.4, 0.5) is 5.69 Å². The molecule has 0 bridgehead atoms. The Morgan fingerprint density at radius 3 is 2.59 bits per heavy atom. The van der Waals surface area contributed by atoms with Crippen molar-refractivity contribution < 1.29 is 14.6 Å². The fourth-order valence-electron chi connectivity index (χ4n) is 4.62. The lowest BCUT2D eigenvalue weighted by Crippen LogP contribution is -2.31. The summed E-state index contributed by atoms with van der Waals surface area (Å²) in [7, 11) is 1.63. The van der Waals surface area contributed by atoms with Crippen molar-refractivity contribution in [2.75, 3.05) is 13.7 Å². The molecule has 1 amide bonds. The number of nitrogens with zero attached hydrogens (tertiary/aromatic N) is 3. The van der Waals surface area contributed by atoms with Gasteiger partial charge in [-0.25, -0.2) is 4.99 Å². The van der Waals surface area contributed by atoms with Crippen LogP contribution >= 0.6 is 11.8 Å². The molecule has 0 unspecified atom stereocenters. The highest BCUT2D eigenvalue weighted by molar-refractivity contribution is 8.18. The Kier molecular flexibility index (Phi) is 6.69. The Balaban J connectivity index is 1.32. The van der Waals surface area contributed by atoms with Crippen molar-refractivity contribution in [3.05, 3.63) is 113 Å². The Bertz CT molecular complexity index is 1700. The van der Waals surface area contributed by atoms with Gasteiger partial charge < -0.3 is 19.4 Å². The van der Waals surface area contributed by atoms with Gasteiger partial charge in [0.15, 0.2) is 5.17 Å². The molecule has 6 rings (SSSR count). The van der Waals surface area contributed by atoms with Crippen LogP contribution in [0.5, 0.6) is 11.5 Å². The van der Waals surface area contributed by atoms with E-state index in [-0.39, 0.29) is 11.7 Å². The van der Waals surface area contributed by atoms with Crippen LogP contribution in [-0.4, -0.2) is 44.3 Å². The monoisotopic (exact) mass is 534 g/mol. The maximum absolute atomic E-state index is 13.7. The summed E-state index contributed by atoms with van der Waals surface area (Å²) in [5, 5.41) is 11.5. The molecule has 1 saturated heterocycles. The predicted molar refractivity (Wildman–Crippen MR) is 157 cm³/mol. The second kappa shape index (κ2) is 10.6. The van der Waals surface area contributed by atoms with Crippen LogP contribution in [0.1, 0.15) is 11.3 Å². The standard InChI is InChI=1S/C31H26N4O3S/c1-38-26-14-8-22(9-15-26)33-31-35(18-16-21-20-32-28-7-3-2-6-27(21)28)30(37)29(39-31)19-24-5-4-17-34(24)23-10-12-25(36)13-11-23/h2-15,17,19-20,32,36H,16,18H2,1H3/b29-19+,33-31?. The summed E-state index contributed by atoms with van der Waals surface area (Å²) < 4.78 is 7.26. The number of nitrogens with one attached hydrogen (secondary N) is 1. The zero-order valence-corrected chi connectivity index (χ0v) is 22.1. The smallest absolute Gasteiger partial charge is 0.266 e. The highest BCUT2D eigenvalue weighted by atomic mass is 32.2. The van der Waals surface area contributed by atoms with Gasteiger partial charge >= 0.3 is 0 Å². The van der Waals surface area contributed by atoms with Crippen molar-refractivity contribution in [1.82, 2.24) is 14.5 Å². The van der Waals surface area contributed by atoms with Gasteiger partial charge in [-0.2, -0.15) is 0 Å². The molecule has 3 heterocycles. The van der Waals surface area contributed by atoms with E-state index in [2.05, 4.69) is 17.1 Å². The molecule has 1 fully saturated rings. The van der Waals surface area contributed by atoms with Gasteiger partial charge in [0.1, 0.15) is 11.5 Å². The predicted octanol–water partition coefficient (Wildman–Crippen LogP) is 6.52. The molecular formula is C31H26N4O3S. The first-order chi connectivity index (χ1) is 19.1. The summed E-state index contributed by atoms with van der Waals surface area (Å²) >= 11 is 1.37. The average molecular weight is 535 g/mol. The van der Waals surface area contributed by atoms with E-state index in [1.807, 2.05) is 83.7 Å². The molecule has 8 heteroatoms. The number of aromatic nitrogens is 2. The van der Waals surface area contributed by atoms with E-state index in [4.69, 9.17) is 9.73 Å². The van der Waals surface area contributed by atoms with E-state index < -0.39 is 0 Å². The number of H-pyrrole nitrogens is 1. The molecule has 39 heavy (non-hydrogen) atoms. The largest absolute Gasteiger partial charge is 0.508 e. The van der Waals surface area contributed by atoms with Gasteiger partial charge in [-0.15, -0.1) is 0 Å². The first-order valence-electron chi connectivity index (χ1n) is 12.5. The summed E-state index contributed by atoms with van der Waals surface area (Å²) in [5.41, 5.74) is 4.74. The molecule has 1 aliphatic heterocycles. The van der Waals surface area contributed by atoms with Gasteiger partial charge in [0.05, 0.1) is 17.7 Å². The Labute approximate surface area is 230 Å². The van der Waals surface area contributed by atoms with Gasteiger partial charge in [-0.1, -0.05) is 18.2 Å². The molecule has 2 aromatic heterocycles. The normalized spacial score (nSPS) is 15.6. The molecule has 0 aliphatic carbocycles. The number of phenols is 1. The number of hydrogen-bond donors (Lipinski definition) is 2. The Hall–Kier alpha value is -4.69. The number of aromatic amines is 1. The summed E-state index contributed by atoms with van der Waals surface area (Å²) in [6, 6.07) is 26.5. The number of hydrogen-bond acceptors (Lipinski definition) is 5. The zero-order valence-electron chi connectivity index (χ0n) is 21.2. The molecular weight excluding hydrogens is 508 g/mol. The van der Waals surface area contributed by atoms with E-state index in [0.717, 1.165) is 39.3 Å². The number of thioether (sulfide) groups is 1. The number of phenolic OH excluding ortho intramolecular Hbond substituents is 1. The second-order valence-electron chi connectivity index (χ2n) is 9.09. The van der Waals surface area contributed by atoms with Crippen molar-refractivity contribution in [1.29, 1.82) is 0 Å². The number of para-hydroxylation sites is 1. The van der Waals surface area contributed by atoms with Crippen LogP contribution in [0.2, 0.25) is 0 Å². The minimum absolute atomic E-state index is 0.0782. The van der Waals surface area contributed by atoms with Gasteiger partial charge in [0, 0.05) is 41.2 Å². The number of ether oxygens (including phenoxy) is 1. The number of amidine groups is 1. The summed E-state index contributed by atoms with van der Waals surface area (Å²) in [5.74, 6) is 0.879. The lowest BCUT2D eigenvalue weighted by Gasteiger charge is -2.15. The van der Waals surface area contributed by atoms with Crippen LogP contribution in [0.15, 0.2) is 107 Å². The van der Waals surface area contributed by atoms with Gasteiger partial charge in [-0.3, -0.25) is 9.69 Å². The molecule has 0 saturated carbocycles. The molecule has 2 N–H and O–H groups in total. The van der Waals surface area contributed by atoms with E-state index in [9.17, 15) is 9.90 Å². The number of carbonyl (C=O) groups excluding carboxylic acids is 1. The fourth-order valence-corrected chi connectivity index (χ4v) is 5.63. The van der Waals surface area contributed by atoms with Crippen molar-refractivity contribution in [3.63, 3.8) is 0 Å². The summed E-state index contributed by atoms with van der Waals surface area (Å²) in [6.45, 7) is 0.499. The lowest BCUT2D eigenvalue weighted by atomic mass is 10.1. The lowest BCUT2D eigenvalue weighted by molar-refractivity contribution is -0.122. The first kappa shape index (κ1) is 24.6. The Morgan fingerprint density at radius 2 is 1.79 bits per heavy atom. The van der Waals surface area contributed by atoms with Crippen LogP contribution in [-0.2, 0) is 11.2 Å². The molecule has 3 aromatic carbocycles. The maximum atomic E-state index is 13.7. The number of amides is 1. The van der Waals surface area contributed by atoms with Crippen LogP contribution in [0, 0.1) is 0 Å². The van der Waals surface area contributed by atoms with Crippen molar-refractivity contribution in [2.45, 2.75) is 6.42 Å². The van der Waals surface area contributed by atoms with Crippen molar-refractivity contribution >= 4 is 45.5 Å². The minimum atomic E-state index is -0.0782. The highest BCUT2D eigenvalue weighted by Crippen LogP contribution is 2.35. The molecule has 0 atom stereocenters. The molecule has 1 aliphatic rings. The number of carbonyl (C=O) groups is 1. The SMILES string of the molecule is COc1ccc(N=C2S/C(=C/c3cccn3-c3ccc(O)cc3)C(=O)N2CCc2c[nH]c3ccccc23)cc1. The zero-order chi connectivity index (χ0) is 26.8. The quantitative estimate of drug-likeness (QED) is 0.233. The third kappa shape index (κ3) is 5.06. The molecule has 0 spiro atoms. The summed E-state index contributed by atoms with van der Waals surface area (Å²) in [4.78, 5) is 24.3. The van der Waals surface area contributed by atoms with E-state index in [1.165, 1.54) is 11.8 Å². The molecule has 5 aromatic rings. The molecule has 7 nitrogen and oxygen atoms in total. The fraction of sp³-hybridized carbons (Fsp3) is 0.0968. The van der Waals surface area contributed by atoms with Crippen LogP contribution in [0.25, 0.3) is 22.7 Å². The number of methoxy groups -OCH3 is 1. The van der Waals surface area contributed by atoms with Gasteiger partial charge in [-0.05, 0) is 96.6 Å². The third-order valence-corrected chi connectivity index (χ3v) is 7.66. The van der Waals surface area contributed by atoms with E-state index >= 15 is 0 Å². The Morgan fingerprint density at radius 1 is 1.00 bits per heavy atom. The van der Waals surface area contributed by atoms with Gasteiger partial charge in [0.2, 0.25) is 0 Å². The minimum Gasteiger partial charge on any atom is -0.508 e. The van der Waals surface area contributed by atoms with Crippen molar-refractivity contribution in [2.24, 2.45) is 4.99 Å². The topological polar surface area (TPSA) is 82.8 Å². The molecule has 0 radical (unpaired) electrons. The van der Waals surface area contributed by atoms with E-state index in [0.29, 0.717) is 23.0 Å². The number of aromatic hydroxyl groups is 1. The third-order valence-electron chi connectivity index (χ3n) is 6.65. The number of aliphatic imine (C=N–C) groups is 1. The average Bonchev–Trinajstić information content (AvgIpc) is 3.67. The number of rotatable bonds is 7. The second-order valence-corrected chi connectivity index (χ2v) is 10.1. The first-order valence-corrected chi connectivity index (χ1v) is 13.4. The highest BCUT2D eigenvalue weighted by Gasteiger charge is 2.33. The maximum Gasteiger partial charge on any atom is 0.266 e. The number of benzene rings is 3. The van der Waals surface area contributed by atoms with Crippen LogP contribution in [0.3, 0.4) is 0 Å². The van der Waals surface area contributed by atoms with Crippen LogP contribution < -0.4 is 4.74 Å². The van der Waals surface area contributed by atoms with Crippen molar-refractivity contribution in [3.8, 4) is 17.2 Å². The van der Waals surface area contributed by atoms with E-state index in [1.54, 1.807) is 24.1 Å². The van der Waals surface area contributed by atoms with Gasteiger partial charge in [0.25, 0.3) is 5.91 Å².